The number of carbonyl (C=O) groups is 1. The third-order valence-corrected chi connectivity index (χ3v) is 3.11. The highest BCUT2D eigenvalue weighted by molar-refractivity contribution is 5.71. The molecule has 1 heterocycles. The van der Waals surface area contributed by atoms with Gasteiger partial charge < -0.3 is 4.74 Å². The number of hydrogen-bond acceptors (Lipinski definition) is 4. The quantitative estimate of drug-likeness (QED) is 0.696. The van der Waals surface area contributed by atoms with Crippen LogP contribution in [0.1, 0.15) is 12.5 Å². The minimum Gasteiger partial charge on any atom is -0.465 e. The molecule has 2 aromatic rings. The molecule has 0 saturated carbocycles. The van der Waals surface area contributed by atoms with E-state index in [9.17, 15) is 4.79 Å². The summed E-state index contributed by atoms with van der Waals surface area (Å²) in [5, 5.41) is 4.18. The third-order valence-electron chi connectivity index (χ3n) is 3.11. The first-order chi connectivity index (χ1) is 10.3. The first-order valence-electron chi connectivity index (χ1n) is 7.17. The molecule has 5 heteroatoms. The van der Waals surface area contributed by atoms with E-state index in [4.69, 9.17) is 4.74 Å². The van der Waals surface area contributed by atoms with E-state index in [2.05, 4.69) is 22.1 Å². The zero-order valence-corrected chi connectivity index (χ0v) is 12.3. The van der Waals surface area contributed by atoms with Crippen molar-refractivity contribution in [2.45, 2.75) is 20.0 Å². The van der Waals surface area contributed by atoms with Crippen LogP contribution in [0.5, 0.6) is 0 Å². The molecule has 0 aliphatic heterocycles. The molecule has 5 nitrogen and oxygen atoms in total. The maximum Gasteiger partial charge on any atom is 0.320 e. The van der Waals surface area contributed by atoms with Crippen LogP contribution in [0.25, 0.3) is 0 Å². The van der Waals surface area contributed by atoms with Gasteiger partial charge in [0.25, 0.3) is 0 Å². The van der Waals surface area contributed by atoms with E-state index in [0.29, 0.717) is 13.2 Å². The summed E-state index contributed by atoms with van der Waals surface area (Å²) >= 11 is 0. The molecule has 1 aromatic carbocycles. The Balaban J connectivity index is 1.94. The van der Waals surface area contributed by atoms with Gasteiger partial charge in [-0.25, -0.2) is 0 Å². The molecule has 21 heavy (non-hydrogen) atoms. The van der Waals surface area contributed by atoms with E-state index in [1.54, 1.807) is 6.20 Å². The fourth-order valence-electron chi connectivity index (χ4n) is 2.12. The van der Waals surface area contributed by atoms with Crippen molar-refractivity contribution in [3.63, 3.8) is 0 Å². The van der Waals surface area contributed by atoms with E-state index >= 15 is 0 Å². The van der Waals surface area contributed by atoms with E-state index in [-0.39, 0.29) is 5.97 Å². The van der Waals surface area contributed by atoms with Crippen molar-refractivity contribution in [1.29, 1.82) is 0 Å². The predicted molar refractivity (Wildman–Crippen MR) is 80.6 cm³/mol. The van der Waals surface area contributed by atoms with Crippen LogP contribution in [0, 0.1) is 0 Å². The van der Waals surface area contributed by atoms with Crippen molar-refractivity contribution >= 4 is 5.97 Å². The van der Waals surface area contributed by atoms with Gasteiger partial charge >= 0.3 is 5.97 Å². The zero-order valence-electron chi connectivity index (χ0n) is 12.3. The second kappa shape index (κ2) is 8.21. The number of rotatable bonds is 8. The molecule has 2 rings (SSSR count). The second-order valence-corrected chi connectivity index (χ2v) is 4.77. The molecular weight excluding hydrogens is 266 g/mol. The van der Waals surface area contributed by atoms with E-state index in [1.807, 2.05) is 42.1 Å². The van der Waals surface area contributed by atoms with Gasteiger partial charge in [-0.3, -0.25) is 14.4 Å². The molecule has 0 bridgehead atoms. The Morgan fingerprint density at radius 3 is 2.76 bits per heavy atom. The molecule has 0 saturated heterocycles. The first-order valence-corrected chi connectivity index (χ1v) is 7.17. The fourth-order valence-corrected chi connectivity index (χ4v) is 2.12. The lowest BCUT2D eigenvalue weighted by molar-refractivity contribution is -0.144. The van der Waals surface area contributed by atoms with Crippen LogP contribution >= 0.6 is 0 Å². The Morgan fingerprint density at radius 1 is 1.29 bits per heavy atom. The largest absolute Gasteiger partial charge is 0.465 e. The van der Waals surface area contributed by atoms with E-state index in [0.717, 1.165) is 19.6 Å². The highest BCUT2D eigenvalue weighted by Crippen LogP contribution is 2.05. The molecule has 0 spiro atoms. The molecule has 0 aliphatic carbocycles. The first kappa shape index (κ1) is 15.3. The summed E-state index contributed by atoms with van der Waals surface area (Å²) < 4.78 is 6.91. The number of benzene rings is 1. The van der Waals surface area contributed by atoms with E-state index < -0.39 is 0 Å². The van der Waals surface area contributed by atoms with Crippen LogP contribution in [-0.4, -0.2) is 40.3 Å². The van der Waals surface area contributed by atoms with Crippen molar-refractivity contribution in [2.75, 3.05) is 19.7 Å². The maximum absolute atomic E-state index is 11.7. The molecule has 1 aromatic heterocycles. The standard InChI is InChI=1S/C16H21N3O2/c1-2-21-16(20)14-18(11-12-19-10-6-9-17-19)13-15-7-4-3-5-8-15/h3-10H,2,11-14H2,1H3. The molecule has 0 unspecified atom stereocenters. The lowest BCUT2D eigenvalue weighted by Crippen LogP contribution is -2.33. The minimum absolute atomic E-state index is 0.186. The van der Waals surface area contributed by atoms with E-state index in [1.165, 1.54) is 5.56 Å². The summed E-state index contributed by atoms with van der Waals surface area (Å²) in [5.41, 5.74) is 1.18. The highest BCUT2D eigenvalue weighted by atomic mass is 16.5. The normalized spacial score (nSPS) is 10.8. The lowest BCUT2D eigenvalue weighted by atomic mass is 10.2. The lowest BCUT2D eigenvalue weighted by Gasteiger charge is -2.21. The average Bonchev–Trinajstić information content (AvgIpc) is 2.99. The number of hydrogen-bond donors (Lipinski definition) is 0. The molecule has 0 radical (unpaired) electrons. The summed E-state index contributed by atoms with van der Waals surface area (Å²) in [6.45, 7) is 4.75. The Morgan fingerprint density at radius 2 is 2.10 bits per heavy atom. The molecule has 112 valence electrons. The molecule has 0 atom stereocenters. The van der Waals surface area contributed by atoms with Crippen molar-refractivity contribution in [2.24, 2.45) is 0 Å². The minimum atomic E-state index is -0.186. The summed E-state index contributed by atoms with van der Waals surface area (Å²) in [6, 6.07) is 12.0. The van der Waals surface area contributed by atoms with Crippen LogP contribution in [0.15, 0.2) is 48.8 Å². The number of nitrogens with zero attached hydrogens (tertiary/aromatic N) is 3. The molecule has 0 fully saturated rings. The molecule has 0 aliphatic rings. The van der Waals surface area contributed by atoms with Crippen LogP contribution in [0.2, 0.25) is 0 Å². The Labute approximate surface area is 125 Å². The Bertz CT molecular complexity index is 526. The molecule has 0 N–H and O–H groups in total. The summed E-state index contributed by atoms with van der Waals surface area (Å²) in [7, 11) is 0. The Kier molecular flexibility index (Phi) is 5.97. The van der Waals surface area contributed by atoms with Gasteiger partial charge in [0.2, 0.25) is 0 Å². The monoisotopic (exact) mass is 287 g/mol. The highest BCUT2D eigenvalue weighted by Gasteiger charge is 2.12. The van der Waals surface area contributed by atoms with Crippen molar-refractivity contribution in [3.8, 4) is 0 Å². The predicted octanol–water partition coefficient (Wildman–Crippen LogP) is 1.95. The number of ether oxygens (including phenoxy) is 1. The summed E-state index contributed by atoms with van der Waals surface area (Å²) in [6.07, 6.45) is 3.68. The molecular formula is C16H21N3O2. The van der Waals surface area contributed by atoms with Crippen molar-refractivity contribution in [3.05, 3.63) is 54.4 Å². The summed E-state index contributed by atoms with van der Waals surface area (Å²) in [5.74, 6) is -0.186. The van der Waals surface area contributed by atoms with Crippen molar-refractivity contribution in [1.82, 2.24) is 14.7 Å². The third kappa shape index (κ3) is 5.39. The van der Waals surface area contributed by atoms with Gasteiger partial charge in [-0.15, -0.1) is 0 Å². The smallest absolute Gasteiger partial charge is 0.320 e. The van der Waals surface area contributed by atoms with Gasteiger partial charge in [-0.05, 0) is 18.6 Å². The SMILES string of the molecule is CCOC(=O)CN(CCn1cccn1)Cc1ccccc1. The average molecular weight is 287 g/mol. The Hall–Kier alpha value is -2.14. The van der Waals surface area contributed by atoms with Crippen LogP contribution < -0.4 is 0 Å². The molecule has 0 amide bonds. The fraction of sp³-hybridized carbons (Fsp3) is 0.375. The van der Waals surface area contributed by atoms with Gasteiger partial charge in [0.15, 0.2) is 0 Å². The van der Waals surface area contributed by atoms with Crippen LogP contribution in [0.4, 0.5) is 0 Å². The number of carbonyl (C=O) groups excluding carboxylic acids is 1. The van der Waals surface area contributed by atoms with Crippen LogP contribution in [0.3, 0.4) is 0 Å². The maximum atomic E-state index is 11.7. The van der Waals surface area contributed by atoms with Crippen molar-refractivity contribution < 1.29 is 9.53 Å². The topological polar surface area (TPSA) is 47.4 Å². The van der Waals surface area contributed by atoms with Gasteiger partial charge in [0, 0.05) is 25.5 Å². The van der Waals surface area contributed by atoms with Gasteiger partial charge in [-0.2, -0.15) is 5.10 Å². The zero-order chi connectivity index (χ0) is 14.9. The number of aromatic nitrogens is 2. The number of esters is 1. The van der Waals surface area contributed by atoms with Gasteiger partial charge in [0.05, 0.1) is 19.7 Å². The van der Waals surface area contributed by atoms with Gasteiger partial charge in [-0.1, -0.05) is 30.3 Å². The van der Waals surface area contributed by atoms with Crippen LogP contribution in [-0.2, 0) is 22.6 Å². The van der Waals surface area contributed by atoms with Gasteiger partial charge in [0.1, 0.15) is 0 Å². The summed E-state index contributed by atoms with van der Waals surface area (Å²) in [4.78, 5) is 13.8. The second-order valence-electron chi connectivity index (χ2n) is 4.77.